The Balaban J connectivity index is 2.28. The van der Waals surface area contributed by atoms with Crippen LogP contribution in [-0.4, -0.2) is 5.91 Å². The highest BCUT2D eigenvalue weighted by Gasteiger charge is 2.13. The summed E-state index contributed by atoms with van der Waals surface area (Å²) < 4.78 is 13.7. The number of nitrogen functional groups attached to an aromatic ring is 1. The SMILES string of the molecule is Cc1ccc(C(=O)Nc2cc(C)ccc2N)c(F)c1. The molecular weight excluding hydrogens is 243 g/mol. The fourth-order valence-corrected chi connectivity index (χ4v) is 1.77. The average Bonchev–Trinajstić information content (AvgIpc) is 2.33. The largest absolute Gasteiger partial charge is 0.397 e. The van der Waals surface area contributed by atoms with Crippen molar-refractivity contribution < 1.29 is 9.18 Å². The van der Waals surface area contributed by atoms with Crippen LogP contribution >= 0.6 is 0 Å². The number of nitrogens with two attached hydrogens (primary N) is 1. The molecule has 0 aliphatic heterocycles. The third kappa shape index (κ3) is 2.91. The number of halogens is 1. The van der Waals surface area contributed by atoms with Crippen LogP contribution in [0.2, 0.25) is 0 Å². The fraction of sp³-hybridized carbons (Fsp3) is 0.133. The lowest BCUT2D eigenvalue weighted by Gasteiger charge is -2.10. The molecule has 0 heterocycles. The van der Waals surface area contributed by atoms with Gasteiger partial charge in [-0.3, -0.25) is 4.79 Å². The van der Waals surface area contributed by atoms with Gasteiger partial charge in [-0.25, -0.2) is 4.39 Å². The predicted octanol–water partition coefficient (Wildman–Crippen LogP) is 3.28. The van der Waals surface area contributed by atoms with Gasteiger partial charge in [-0.05, 0) is 49.2 Å². The number of aryl methyl sites for hydroxylation is 2. The summed E-state index contributed by atoms with van der Waals surface area (Å²) in [7, 11) is 0. The van der Waals surface area contributed by atoms with E-state index in [9.17, 15) is 9.18 Å². The Labute approximate surface area is 111 Å². The highest BCUT2D eigenvalue weighted by atomic mass is 19.1. The van der Waals surface area contributed by atoms with Gasteiger partial charge in [0.2, 0.25) is 0 Å². The average molecular weight is 258 g/mol. The van der Waals surface area contributed by atoms with E-state index in [1.54, 1.807) is 25.1 Å². The maximum absolute atomic E-state index is 13.7. The maximum atomic E-state index is 13.7. The molecule has 0 radical (unpaired) electrons. The molecule has 0 saturated carbocycles. The molecule has 4 heteroatoms. The van der Waals surface area contributed by atoms with E-state index in [0.717, 1.165) is 11.1 Å². The molecular formula is C15H15FN2O. The number of hydrogen-bond acceptors (Lipinski definition) is 2. The summed E-state index contributed by atoms with van der Waals surface area (Å²) in [5.41, 5.74) is 8.45. The van der Waals surface area contributed by atoms with Crippen molar-refractivity contribution >= 4 is 17.3 Å². The van der Waals surface area contributed by atoms with Crippen LogP contribution in [0.5, 0.6) is 0 Å². The van der Waals surface area contributed by atoms with E-state index in [4.69, 9.17) is 5.73 Å². The van der Waals surface area contributed by atoms with Crippen molar-refractivity contribution in [3.63, 3.8) is 0 Å². The summed E-state index contributed by atoms with van der Waals surface area (Å²) >= 11 is 0. The molecule has 0 aromatic heterocycles. The monoisotopic (exact) mass is 258 g/mol. The lowest BCUT2D eigenvalue weighted by molar-refractivity contribution is 0.102. The van der Waals surface area contributed by atoms with Gasteiger partial charge in [0.25, 0.3) is 5.91 Å². The Hall–Kier alpha value is -2.36. The lowest BCUT2D eigenvalue weighted by atomic mass is 10.1. The van der Waals surface area contributed by atoms with Gasteiger partial charge < -0.3 is 11.1 Å². The molecule has 3 N–H and O–H groups in total. The van der Waals surface area contributed by atoms with E-state index in [-0.39, 0.29) is 5.56 Å². The standard InChI is InChI=1S/C15H15FN2O/c1-9-3-5-11(12(16)7-9)15(19)18-14-8-10(2)4-6-13(14)17/h3-8H,17H2,1-2H3,(H,18,19). The molecule has 19 heavy (non-hydrogen) atoms. The number of hydrogen-bond donors (Lipinski definition) is 2. The Bertz CT molecular complexity index is 638. The van der Waals surface area contributed by atoms with Crippen molar-refractivity contribution in [2.24, 2.45) is 0 Å². The van der Waals surface area contributed by atoms with E-state index in [0.29, 0.717) is 11.4 Å². The minimum Gasteiger partial charge on any atom is -0.397 e. The van der Waals surface area contributed by atoms with Gasteiger partial charge in [-0.15, -0.1) is 0 Å². The van der Waals surface area contributed by atoms with Crippen molar-refractivity contribution in [1.82, 2.24) is 0 Å². The number of carbonyl (C=O) groups excluding carboxylic acids is 1. The third-order valence-electron chi connectivity index (χ3n) is 2.83. The molecule has 0 spiro atoms. The first-order valence-electron chi connectivity index (χ1n) is 5.91. The van der Waals surface area contributed by atoms with Crippen LogP contribution in [0.4, 0.5) is 15.8 Å². The number of anilines is 2. The first-order valence-corrected chi connectivity index (χ1v) is 5.91. The molecule has 0 aliphatic carbocycles. The molecule has 0 atom stereocenters. The van der Waals surface area contributed by atoms with Gasteiger partial charge in [0.15, 0.2) is 0 Å². The second-order valence-corrected chi connectivity index (χ2v) is 4.53. The fourth-order valence-electron chi connectivity index (χ4n) is 1.77. The van der Waals surface area contributed by atoms with Crippen LogP contribution in [0, 0.1) is 19.7 Å². The zero-order valence-corrected chi connectivity index (χ0v) is 10.8. The number of rotatable bonds is 2. The van der Waals surface area contributed by atoms with E-state index in [1.165, 1.54) is 12.1 Å². The summed E-state index contributed by atoms with van der Waals surface area (Å²) in [5.74, 6) is -1.04. The molecule has 3 nitrogen and oxygen atoms in total. The molecule has 98 valence electrons. The zero-order chi connectivity index (χ0) is 14.0. The molecule has 0 unspecified atom stereocenters. The molecule has 2 aromatic carbocycles. The Morgan fingerprint density at radius 1 is 1.11 bits per heavy atom. The molecule has 2 rings (SSSR count). The normalized spacial score (nSPS) is 10.3. The highest BCUT2D eigenvalue weighted by Crippen LogP contribution is 2.21. The minimum absolute atomic E-state index is 0.00602. The Morgan fingerprint density at radius 3 is 2.42 bits per heavy atom. The van der Waals surface area contributed by atoms with Gasteiger partial charge in [0, 0.05) is 0 Å². The van der Waals surface area contributed by atoms with E-state index < -0.39 is 11.7 Å². The van der Waals surface area contributed by atoms with Gasteiger partial charge in [-0.2, -0.15) is 0 Å². The van der Waals surface area contributed by atoms with Crippen molar-refractivity contribution in [2.75, 3.05) is 11.1 Å². The van der Waals surface area contributed by atoms with Crippen LogP contribution in [-0.2, 0) is 0 Å². The molecule has 0 fully saturated rings. The quantitative estimate of drug-likeness (QED) is 0.812. The van der Waals surface area contributed by atoms with Crippen LogP contribution in [0.3, 0.4) is 0 Å². The van der Waals surface area contributed by atoms with Gasteiger partial charge >= 0.3 is 0 Å². The van der Waals surface area contributed by atoms with Gasteiger partial charge in [-0.1, -0.05) is 12.1 Å². The molecule has 2 aromatic rings. The highest BCUT2D eigenvalue weighted by molar-refractivity contribution is 6.06. The smallest absolute Gasteiger partial charge is 0.258 e. The van der Waals surface area contributed by atoms with Crippen molar-refractivity contribution in [1.29, 1.82) is 0 Å². The summed E-state index contributed by atoms with van der Waals surface area (Å²) in [4.78, 5) is 12.0. The van der Waals surface area contributed by atoms with Crippen LogP contribution in [0.15, 0.2) is 36.4 Å². The van der Waals surface area contributed by atoms with E-state index in [2.05, 4.69) is 5.32 Å². The summed E-state index contributed by atoms with van der Waals surface area (Å²) in [6.07, 6.45) is 0. The topological polar surface area (TPSA) is 55.1 Å². The second kappa shape index (κ2) is 5.10. The summed E-state index contributed by atoms with van der Waals surface area (Å²) in [6, 6.07) is 9.78. The second-order valence-electron chi connectivity index (χ2n) is 4.53. The van der Waals surface area contributed by atoms with Crippen molar-refractivity contribution in [3.05, 3.63) is 58.9 Å². The Morgan fingerprint density at radius 2 is 1.74 bits per heavy atom. The first-order chi connectivity index (χ1) is 8.97. The molecule has 1 amide bonds. The zero-order valence-electron chi connectivity index (χ0n) is 10.8. The van der Waals surface area contributed by atoms with Crippen LogP contribution in [0.25, 0.3) is 0 Å². The number of carbonyl (C=O) groups is 1. The van der Waals surface area contributed by atoms with E-state index in [1.807, 2.05) is 13.0 Å². The van der Waals surface area contributed by atoms with Crippen LogP contribution < -0.4 is 11.1 Å². The summed E-state index contributed by atoms with van der Waals surface area (Å²) in [5, 5.41) is 2.62. The van der Waals surface area contributed by atoms with Crippen LogP contribution in [0.1, 0.15) is 21.5 Å². The lowest BCUT2D eigenvalue weighted by Crippen LogP contribution is -2.15. The van der Waals surface area contributed by atoms with Gasteiger partial charge in [0.05, 0.1) is 16.9 Å². The number of nitrogens with one attached hydrogen (secondary N) is 1. The number of benzene rings is 2. The third-order valence-corrected chi connectivity index (χ3v) is 2.83. The molecule has 0 aliphatic rings. The minimum atomic E-state index is -0.538. The van der Waals surface area contributed by atoms with Crippen molar-refractivity contribution in [3.8, 4) is 0 Å². The Kier molecular flexibility index (Phi) is 3.51. The first kappa shape index (κ1) is 13.1. The van der Waals surface area contributed by atoms with Crippen molar-refractivity contribution in [2.45, 2.75) is 13.8 Å². The molecule has 0 saturated heterocycles. The van der Waals surface area contributed by atoms with Gasteiger partial charge in [0.1, 0.15) is 5.82 Å². The van der Waals surface area contributed by atoms with E-state index >= 15 is 0 Å². The molecule has 0 bridgehead atoms. The predicted molar refractivity (Wildman–Crippen MR) is 74.7 cm³/mol. The maximum Gasteiger partial charge on any atom is 0.258 e. The number of amides is 1. The summed E-state index contributed by atoms with van der Waals surface area (Å²) in [6.45, 7) is 3.66.